The quantitative estimate of drug-likeness (QED) is 0.364. The second kappa shape index (κ2) is 10.2. The van der Waals surface area contributed by atoms with E-state index in [2.05, 4.69) is 17.6 Å². The molecule has 0 saturated carbocycles. The fourth-order valence-electron chi connectivity index (χ4n) is 4.84. The minimum atomic E-state index is -4.36. The number of fused-ring (bicyclic) bond motifs is 1. The van der Waals surface area contributed by atoms with E-state index in [1.165, 1.54) is 12.1 Å². The summed E-state index contributed by atoms with van der Waals surface area (Å²) in [5.74, 6) is 0.426. The van der Waals surface area contributed by atoms with Crippen LogP contribution >= 0.6 is 0 Å². The molecule has 0 radical (unpaired) electrons. The van der Waals surface area contributed by atoms with Crippen molar-refractivity contribution < 1.29 is 17.6 Å². The molecule has 3 rings (SSSR count). The maximum Gasteiger partial charge on any atom is 0.416 e. The molecule has 0 amide bonds. The molecule has 0 aromatic heterocycles. The average molecular weight is 440 g/mol. The summed E-state index contributed by atoms with van der Waals surface area (Å²) in [7, 11) is 0. The van der Waals surface area contributed by atoms with Crippen LogP contribution in [-0.4, -0.2) is 25.7 Å². The Morgan fingerprint density at radius 3 is 2.71 bits per heavy atom. The highest BCUT2D eigenvalue weighted by Gasteiger charge is 2.39. The van der Waals surface area contributed by atoms with Gasteiger partial charge in [0, 0.05) is 30.7 Å². The largest absolute Gasteiger partial charge is 0.416 e. The predicted octanol–water partition coefficient (Wildman–Crippen LogP) is 5.61. The fourth-order valence-corrected chi connectivity index (χ4v) is 4.84. The molecule has 31 heavy (non-hydrogen) atoms. The van der Waals surface area contributed by atoms with Crippen LogP contribution in [0.1, 0.15) is 50.2 Å². The maximum absolute atomic E-state index is 13.5. The Labute approximate surface area is 182 Å². The van der Waals surface area contributed by atoms with Gasteiger partial charge in [-0.1, -0.05) is 19.9 Å². The second-order valence-corrected chi connectivity index (χ2v) is 8.95. The van der Waals surface area contributed by atoms with Crippen LogP contribution in [0.2, 0.25) is 0 Å². The monoisotopic (exact) mass is 439 g/mol. The van der Waals surface area contributed by atoms with Gasteiger partial charge in [-0.25, -0.2) is 4.39 Å². The summed E-state index contributed by atoms with van der Waals surface area (Å²) in [5, 5.41) is 6.84. The Kier molecular flexibility index (Phi) is 7.81. The summed E-state index contributed by atoms with van der Waals surface area (Å²) in [6, 6.07) is 4.01. The van der Waals surface area contributed by atoms with Gasteiger partial charge in [0.1, 0.15) is 5.83 Å². The molecule has 1 aromatic carbocycles. The predicted molar refractivity (Wildman–Crippen MR) is 118 cm³/mol. The Hall–Kier alpha value is -1.86. The number of hydrogen-bond donors (Lipinski definition) is 3. The highest BCUT2D eigenvalue weighted by atomic mass is 19.4. The lowest BCUT2D eigenvalue weighted by Crippen LogP contribution is -2.42. The molecule has 5 atom stereocenters. The van der Waals surface area contributed by atoms with Crippen molar-refractivity contribution in [3.05, 3.63) is 53.4 Å². The van der Waals surface area contributed by atoms with Gasteiger partial charge < -0.3 is 16.4 Å². The Balaban J connectivity index is 1.82. The smallest absolute Gasteiger partial charge is 0.381 e. The minimum absolute atomic E-state index is 0.0306. The summed E-state index contributed by atoms with van der Waals surface area (Å²) in [6.07, 6.45) is 3.06. The van der Waals surface area contributed by atoms with E-state index in [0.717, 1.165) is 37.7 Å². The molecular weight excluding hydrogens is 406 g/mol. The highest BCUT2D eigenvalue weighted by Crippen LogP contribution is 2.46. The van der Waals surface area contributed by atoms with Gasteiger partial charge in [0.15, 0.2) is 0 Å². The van der Waals surface area contributed by atoms with Gasteiger partial charge in [-0.2, -0.15) is 13.2 Å². The molecule has 0 bridgehead atoms. The van der Waals surface area contributed by atoms with Crippen molar-refractivity contribution in [2.24, 2.45) is 23.5 Å². The van der Waals surface area contributed by atoms with E-state index in [1.54, 1.807) is 12.1 Å². The Bertz CT molecular complexity index is 803. The molecule has 7 heteroatoms. The topological polar surface area (TPSA) is 50.1 Å². The van der Waals surface area contributed by atoms with Crippen molar-refractivity contribution in [3.8, 4) is 0 Å². The summed E-state index contributed by atoms with van der Waals surface area (Å²) >= 11 is 0. The number of hydrogen-bond acceptors (Lipinski definition) is 3. The van der Waals surface area contributed by atoms with E-state index in [-0.39, 0.29) is 29.6 Å². The van der Waals surface area contributed by atoms with Crippen LogP contribution in [0.5, 0.6) is 0 Å². The van der Waals surface area contributed by atoms with Gasteiger partial charge in [0.25, 0.3) is 0 Å². The zero-order valence-electron chi connectivity index (χ0n) is 18.2. The van der Waals surface area contributed by atoms with Crippen molar-refractivity contribution in [3.63, 3.8) is 0 Å². The van der Waals surface area contributed by atoms with E-state index in [0.29, 0.717) is 24.4 Å². The standard InChI is InChI=1S/C24H33F4N3/c1-15(14-30-12-11-29)3-9-20-16(2)21-13-18(24(26,27)28)6-10-22(21)31-23(20)17-4-7-19(25)8-5-17/h4,6-8,10,13,15-17,20,23,30-31H,3,5,9,11-12,14,29H2,1-2H3/t15-,16+,17?,20-,23+/m1/s1. The lowest BCUT2D eigenvalue weighted by Gasteiger charge is -2.43. The SMILES string of the molecule is C[C@H](CC[C@@H]1[C@H](C)c2cc(C(F)(F)F)ccc2N[C@H]1C1C=CC(F)=CC1)CNCCN. The fraction of sp³-hybridized carbons (Fsp3) is 0.583. The molecule has 4 N–H and O–H groups in total. The van der Waals surface area contributed by atoms with Crippen LogP contribution in [-0.2, 0) is 6.18 Å². The maximum atomic E-state index is 13.5. The zero-order chi connectivity index (χ0) is 22.6. The number of alkyl halides is 3. The lowest BCUT2D eigenvalue weighted by atomic mass is 9.70. The van der Waals surface area contributed by atoms with Crippen LogP contribution in [0.25, 0.3) is 0 Å². The molecule has 0 saturated heterocycles. The van der Waals surface area contributed by atoms with E-state index in [9.17, 15) is 17.6 Å². The van der Waals surface area contributed by atoms with Crippen LogP contribution in [0.15, 0.2) is 42.3 Å². The van der Waals surface area contributed by atoms with Crippen LogP contribution in [0.3, 0.4) is 0 Å². The van der Waals surface area contributed by atoms with Crippen molar-refractivity contribution in [1.29, 1.82) is 0 Å². The Morgan fingerprint density at radius 2 is 2.06 bits per heavy atom. The van der Waals surface area contributed by atoms with E-state index >= 15 is 0 Å². The molecule has 3 nitrogen and oxygen atoms in total. The number of nitrogens with two attached hydrogens (primary N) is 1. The molecule has 1 aliphatic carbocycles. The first kappa shape index (κ1) is 23.8. The first-order valence-corrected chi connectivity index (χ1v) is 11.1. The molecule has 0 fully saturated rings. The molecule has 0 spiro atoms. The number of halogens is 4. The number of rotatable bonds is 8. The Morgan fingerprint density at radius 1 is 1.29 bits per heavy atom. The van der Waals surface area contributed by atoms with Gasteiger partial charge in [0.2, 0.25) is 0 Å². The number of anilines is 1. The third-order valence-corrected chi connectivity index (χ3v) is 6.65. The third-order valence-electron chi connectivity index (χ3n) is 6.65. The van der Waals surface area contributed by atoms with Crippen molar-refractivity contribution in [2.75, 3.05) is 25.0 Å². The lowest BCUT2D eigenvalue weighted by molar-refractivity contribution is -0.137. The zero-order valence-corrected chi connectivity index (χ0v) is 18.2. The molecule has 2 aliphatic rings. The van der Waals surface area contributed by atoms with Gasteiger partial charge >= 0.3 is 6.18 Å². The van der Waals surface area contributed by atoms with Crippen LogP contribution in [0, 0.1) is 17.8 Å². The number of allylic oxidation sites excluding steroid dienone is 3. The average Bonchev–Trinajstić information content (AvgIpc) is 2.73. The molecule has 1 aliphatic heterocycles. The van der Waals surface area contributed by atoms with E-state index in [1.807, 2.05) is 13.0 Å². The molecule has 1 unspecified atom stereocenters. The van der Waals surface area contributed by atoms with Gasteiger partial charge in [0.05, 0.1) is 5.56 Å². The van der Waals surface area contributed by atoms with Gasteiger partial charge in [-0.05, 0) is 79.5 Å². The van der Waals surface area contributed by atoms with Crippen LogP contribution in [0.4, 0.5) is 23.2 Å². The molecule has 172 valence electrons. The third kappa shape index (κ3) is 5.89. The highest BCUT2D eigenvalue weighted by molar-refractivity contribution is 5.58. The molecule has 1 heterocycles. The molecule has 1 aromatic rings. The number of benzene rings is 1. The summed E-state index contributed by atoms with van der Waals surface area (Å²) < 4.78 is 53.4. The van der Waals surface area contributed by atoms with Gasteiger partial charge in [-0.15, -0.1) is 0 Å². The summed E-state index contributed by atoms with van der Waals surface area (Å²) in [6.45, 7) is 6.43. The first-order chi connectivity index (χ1) is 14.7. The summed E-state index contributed by atoms with van der Waals surface area (Å²) in [4.78, 5) is 0. The molecular formula is C24H33F4N3. The van der Waals surface area contributed by atoms with Crippen molar-refractivity contribution in [2.45, 2.75) is 51.2 Å². The second-order valence-electron chi connectivity index (χ2n) is 8.95. The van der Waals surface area contributed by atoms with Crippen molar-refractivity contribution >= 4 is 5.69 Å². The summed E-state index contributed by atoms with van der Waals surface area (Å²) in [5.41, 5.74) is 6.39. The normalized spacial score (nSPS) is 26.7. The number of nitrogens with one attached hydrogen (secondary N) is 2. The first-order valence-electron chi connectivity index (χ1n) is 11.1. The van der Waals surface area contributed by atoms with Crippen LogP contribution < -0.4 is 16.4 Å². The minimum Gasteiger partial charge on any atom is -0.381 e. The van der Waals surface area contributed by atoms with E-state index < -0.39 is 11.7 Å². The van der Waals surface area contributed by atoms with Crippen molar-refractivity contribution in [1.82, 2.24) is 5.32 Å². The van der Waals surface area contributed by atoms with E-state index in [4.69, 9.17) is 5.73 Å². The van der Waals surface area contributed by atoms with Gasteiger partial charge in [-0.3, -0.25) is 0 Å².